The van der Waals surface area contributed by atoms with E-state index in [1.165, 1.54) is 6.07 Å². The summed E-state index contributed by atoms with van der Waals surface area (Å²) in [5, 5.41) is 9.15. The minimum Gasteiger partial charge on any atom is -0.508 e. The Labute approximate surface area is 83.0 Å². The lowest BCUT2D eigenvalue weighted by atomic mass is 10.2. The molecule has 0 spiro atoms. The third kappa shape index (κ3) is 3.32. The standard InChI is InChI=1S/C10H15FN2O/c1-13(3-2-12)7-8-4-9(11)6-10(14)5-8/h4-6,14H,2-3,7,12H2,1H3. The third-order valence-corrected chi connectivity index (χ3v) is 1.91. The second-order valence-electron chi connectivity index (χ2n) is 3.34. The molecule has 0 bridgehead atoms. The Kier molecular flexibility index (Phi) is 3.85. The van der Waals surface area contributed by atoms with Crippen LogP contribution in [0, 0.1) is 5.82 Å². The SMILES string of the molecule is CN(CCN)Cc1cc(O)cc(F)c1. The lowest BCUT2D eigenvalue weighted by Gasteiger charge is -2.15. The Hall–Kier alpha value is -1.13. The molecule has 0 aromatic heterocycles. The van der Waals surface area contributed by atoms with Gasteiger partial charge in [-0.05, 0) is 24.7 Å². The molecule has 0 unspecified atom stereocenters. The molecule has 14 heavy (non-hydrogen) atoms. The molecule has 0 aliphatic carbocycles. The van der Waals surface area contributed by atoms with Gasteiger partial charge in [-0.15, -0.1) is 0 Å². The first-order valence-corrected chi connectivity index (χ1v) is 4.49. The average Bonchev–Trinajstić information content (AvgIpc) is 2.01. The molecule has 3 N–H and O–H groups in total. The van der Waals surface area contributed by atoms with E-state index in [9.17, 15) is 4.39 Å². The van der Waals surface area contributed by atoms with Crippen molar-refractivity contribution in [3.63, 3.8) is 0 Å². The number of hydrogen-bond acceptors (Lipinski definition) is 3. The van der Waals surface area contributed by atoms with E-state index in [1.54, 1.807) is 6.07 Å². The van der Waals surface area contributed by atoms with Crippen molar-refractivity contribution < 1.29 is 9.50 Å². The van der Waals surface area contributed by atoms with Gasteiger partial charge in [-0.3, -0.25) is 0 Å². The second-order valence-corrected chi connectivity index (χ2v) is 3.34. The van der Waals surface area contributed by atoms with E-state index < -0.39 is 5.82 Å². The van der Waals surface area contributed by atoms with Gasteiger partial charge in [-0.2, -0.15) is 0 Å². The van der Waals surface area contributed by atoms with Gasteiger partial charge in [0.05, 0.1) is 0 Å². The molecule has 0 fully saturated rings. The van der Waals surface area contributed by atoms with Gasteiger partial charge in [0.25, 0.3) is 0 Å². The number of halogens is 1. The molecule has 78 valence electrons. The number of rotatable bonds is 4. The summed E-state index contributed by atoms with van der Waals surface area (Å²) in [7, 11) is 1.90. The molecule has 0 amide bonds. The van der Waals surface area contributed by atoms with Gasteiger partial charge in [-0.1, -0.05) is 0 Å². The molecular formula is C10H15FN2O. The summed E-state index contributed by atoms with van der Waals surface area (Å²) < 4.78 is 12.9. The minimum atomic E-state index is -0.416. The molecule has 1 rings (SSSR count). The van der Waals surface area contributed by atoms with Crippen LogP contribution in [0.5, 0.6) is 5.75 Å². The molecule has 0 heterocycles. The monoisotopic (exact) mass is 198 g/mol. The van der Waals surface area contributed by atoms with Crippen LogP contribution in [0.4, 0.5) is 4.39 Å². The van der Waals surface area contributed by atoms with Crippen molar-refractivity contribution in [3.05, 3.63) is 29.6 Å². The number of phenols is 1. The van der Waals surface area contributed by atoms with Crippen molar-refractivity contribution in [1.82, 2.24) is 4.90 Å². The Morgan fingerprint density at radius 3 is 2.71 bits per heavy atom. The fourth-order valence-electron chi connectivity index (χ4n) is 1.34. The number of phenolic OH excluding ortho intramolecular Hbond substituents is 1. The Morgan fingerprint density at radius 2 is 2.14 bits per heavy atom. The maximum atomic E-state index is 12.9. The fraction of sp³-hybridized carbons (Fsp3) is 0.400. The van der Waals surface area contributed by atoms with Crippen LogP contribution in [0.1, 0.15) is 5.56 Å². The van der Waals surface area contributed by atoms with E-state index >= 15 is 0 Å². The summed E-state index contributed by atoms with van der Waals surface area (Å²) in [5.41, 5.74) is 6.13. The maximum Gasteiger partial charge on any atom is 0.127 e. The lowest BCUT2D eigenvalue weighted by molar-refractivity contribution is 0.335. The summed E-state index contributed by atoms with van der Waals surface area (Å²) in [6, 6.07) is 4.05. The highest BCUT2D eigenvalue weighted by molar-refractivity contribution is 5.28. The highest BCUT2D eigenvalue weighted by atomic mass is 19.1. The van der Waals surface area contributed by atoms with Gasteiger partial charge in [0, 0.05) is 25.7 Å². The van der Waals surface area contributed by atoms with Crippen LogP contribution in [0.2, 0.25) is 0 Å². The maximum absolute atomic E-state index is 12.9. The summed E-state index contributed by atoms with van der Waals surface area (Å²) in [6.45, 7) is 1.90. The number of aromatic hydroxyl groups is 1. The van der Waals surface area contributed by atoms with Crippen molar-refractivity contribution in [2.45, 2.75) is 6.54 Å². The summed E-state index contributed by atoms with van der Waals surface area (Å²) in [4.78, 5) is 1.97. The fourth-order valence-corrected chi connectivity index (χ4v) is 1.34. The molecule has 0 aliphatic heterocycles. The van der Waals surface area contributed by atoms with E-state index in [-0.39, 0.29) is 5.75 Å². The predicted molar refractivity (Wildman–Crippen MR) is 53.5 cm³/mol. The van der Waals surface area contributed by atoms with Gasteiger partial charge in [0.2, 0.25) is 0 Å². The van der Waals surface area contributed by atoms with E-state index in [0.29, 0.717) is 13.1 Å². The van der Waals surface area contributed by atoms with E-state index in [2.05, 4.69) is 0 Å². The largest absolute Gasteiger partial charge is 0.508 e. The highest BCUT2D eigenvalue weighted by Crippen LogP contribution is 2.15. The van der Waals surface area contributed by atoms with Crippen LogP contribution < -0.4 is 5.73 Å². The summed E-state index contributed by atoms with van der Waals surface area (Å²) >= 11 is 0. The van der Waals surface area contributed by atoms with Crippen LogP contribution in [0.3, 0.4) is 0 Å². The van der Waals surface area contributed by atoms with Gasteiger partial charge in [-0.25, -0.2) is 4.39 Å². The lowest BCUT2D eigenvalue weighted by Crippen LogP contribution is -2.24. The molecule has 0 saturated heterocycles. The van der Waals surface area contributed by atoms with Crippen LogP contribution in [-0.2, 0) is 6.54 Å². The summed E-state index contributed by atoms with van der Waals surface area (Å²) in [6.07, 6.45) is 0. The van der Waals surface area contributed by atoms with Crippen molar-refractivity contribution in [2.75, 3.05) is 20.1 Å². The van der Waals surface area contributed by atoms with Crippen LogP contribution in [0.25, 0.3) is 0 Å². The quantitative estimate of drug-likeness (QED) is 0.756. The van der Waals surface area contributed by atoms with Crippen molar-refractivity contribution >= 4 is 0 Å². The van der Waals surface area contributed by atoms with E-state index in [0.717, 1.165) is 18.2 Å². The molecule has 0 aliphatic rings. The summed E-state index contributed by atoms with van der Waals surface area (Å²) in [5.74, 6) is -0.456. The molecular weight excluding hydrogens is 183 g/mol. The topological polar surface area (TPSA) is 49.5 Å². The number of likely N-dealkylation sites (N-methyl/N-ethyl adjacent to an activating group) is 1. The number of hydrogen-bond donors (Lipinski definition) is 2. The predicted octanol–water partition coefficient (Wildman–Crippen LogP) is 0.922. The smallest absolute Gasteiger partial charge is 0.127 e. The van der Waals surface area contributed by atoms with Crippen molar-refractivity contribution in [2.24, 2.45) is 5.73 Å². The van der Waals surface area contributed by atoms with Gasteiger partial charge in [0.1, 0.15) is 11.6 Å². The molecule has 1 aromatic carbocycles. The molecule has 4 heteroatoms. The Morgan fingerprint density at radius 1 is 1.43 bits per heavy atom. The van der Waals surface area contributed by atoms with E-state index in [1.807, 2.05) is 11.9 Å². The first kappa shape index (κ1) is 10.9. The molecule has 3 nitrogen and oxygen atoms in total. The zero-order valence-corrected chi connectivity index (χ0v) is 8.20. The zero-order valence-electron chi connectivity index (χ0n) is 8.20. The Bertz CT molecular complexity index is 284. The van der Waals surface area contributed by atoms with Crippen LogP contribution in [-0.4, -0.2) is 30.1 Å². The highest BCUT2D eigenvalue weighted by Gasteiger charge is 2.02. The normalized spacial score (nSPS) is 10.9. The first-order chi connectivity index (χ1) is 6.61. The van der Waals surface area contributed by atoms with Crippen molar-refractivity contribution in [1.29, 1.82) is 0 Å². The third-order valence-electron chi connectivity index (χ3n) is 1.91. The zero-order chi connectivity index (χ0) is 10.6. The number of nitrogens with two attached hydrogens (primary N) is 1. The number of nitrogens with zero attached hydrogens (tertiary/aromatic N) is 1. The minimum absolute atomic E-state index is 0.0406. The van der Waals surface area contributed by atoms with Crippen LogP contribution >= 0.6 is 0 Å². The Balaban J connectivity index is 2.66. The second kappa shape index (κ2) is 4.93. The molecule has 0 atom stereocenters. The molecule has 1 aromatic rings. The first-order valence-electron chi connectivity index (χ1n) is 4.49. The number of benzene rings is 1. The van der Waals surface area contributed by atoms with E-state index in [4.69, 9.17) is 10.8 Å². The molecule has 0 saturated carbocycles. The van der Waals surface area contributed by atoms with Gasteiger partial charge < -0.3 is 15.7 Å². The van der Waals surface area contributed by atoms with Gasteiger partial charge >= 0.3 is 0 Å². The molecule has 0 radical (unpaired) electrons. The average molecular weight is 198 g/mol. The van der Waals surface area contributed by atoms with Crippen LogP contribution in [0.15, 0.2) is 18.2 Å². The van der Waals surface area contributed by atoms with Gasteiger partial charge in [0.15, 0.2) is 0 Å². The van der Waals surface area contributed by atoms with Crippen molar-refractivity contribution in [3.8, 4) is 5.75 Å².